The summed E-state index contributed by atoms with van der Waals surface area (Å²) in [6.07, 6.45) is 3.78. The van der Waals surface area contributed by atoms with Gasteiger partial charge in [0.05, 0.1) is 12.4 Å². The molecule has 5 heteroatoms. The minimum atomic E-state index is -0.218. The number of hydrogen-bond acceptors (Lipinski definition) is 3. The molecule has 3 nitrogen and oxygen atoms in total. The van der Waals surface area contributed by atoms with Gasteiger partial charge >= 0.3 is 0 Å². The zero-order valence-corrected chi connectivity index (χ0v) is 9.78. The number of nitrogens with zero attached hydrogens (tertiary/aromatic N) is 2. The van der Waals surface area contributed by atoms with Gasteiger partial charge in [-0.05, 0) is 24.1 Å². The Bertz CT molecular complexity index is 459. The molecular weight excluding hydrogens is 241 g/mol. The minimum absolute atomic E-state index is 0.218. The van der Waals surface area contributed by atoms with E-state index in [1.807, 2.05) is 6.07 Å². The Morgan fingerprint density at radius 3 is 2.94 bits per heavy atom. The highest BCUT2D eigenvalue weighted by Crippen LogP contribution is 2.08. The first-order valence-corrected chi connectivity index (χ1v) is 5.58. The zero-order chi connectivity index (χ0) is 12.1. The van der Waals surface area contributed by atoms with Crippen LogP contribution in [-0.4, -0.2) is 16.5 Å². The van der Waals surface area contributed by atoms with Gasteiger partial charge in [-0.15, -0.1) is 0 Å². The fourth-order valence-corrected chi connectivity index (χ4v) is 1.60. The quantitative estimate of drug-likeness (QED) is 0.908. The maximum Gasteiger partial charge on any atom is 0.149 e. The van der Waals surface area contributed by atoms with E-state index in [4.69, 9.17) is 11.6 Å². The van der Waals surface area contributed by atoms with Gasteiger partial charge in [-0.3, -0.25) is 4.98 Å². The second kappa shape index (κ2) is 5.59. The Morgan fingerprint density at radius 1 is 1.29 bits per heavy atom. The van der Waals surface area contributed by atoms with Crippen molar-refractivity contribution < 1.29 is 4.39 Å². The van der Waals surface area contributed by atoms with Gasteiger partial charge in [-0.2, -0.15) is 0 Å². The summed E-state index contributed by atoms with van der Waals surface area (Å²) in [5.74, 6) is 0.402. The first kappa shape index (κ1) is 11.8. The fraction of sp³-hybridized carbons (Fsp3) is 0.167. The standard InChI is InChI=1S/C12H11ClFN3/c13-11-7-15-8-12(17-11)16-5-4-9-2-1-3-10(14)6-9/h1-3,6-8H,4-5H2,(H,16,17). The number of aromatic nitrogens is 2. The SMILES string of the molecule is Fc1cccc(CCNc2cncc(Cl)n2)c1. The normalized spacial score (nSPS) is 10.2. The van der Waals surface area contributed by atoms with Crippen LogP contribution in [0.1, 0.15) is 5.56 Å². The molecular formula is C12H11ClFN3. The van der Waals surface area contributed by atoms with Crippen molar-refractivity contribution >= 4 is 17.4 Å². The predicted molar refractivity (Wildman–Crippen MR) is 65.6 cm³/mol. The third-order valence-corrected chi connectivity index (χ3v) is 2.40. The molecule has 0 aliphatic rings. The van der Waals surface area contributed by atoms with Crippen molar-refractivity contribution in [3.63, 3.8) is 0 Å². The maximum absolute atomic E-state index is 12.9. The Hall–Kier alpha value is -1.68. The van der Waals surface area contributed by atoms with Crippen molar-refractivity contribution in [2.75, 3.05) is 11.9 Å². The van der Waals surface area contributed by atoms with Crippen molar-refractivity contribution in [1.82, 2.24) is 9.97 Å². The van der Waals surface area contributed by atoms with Crippen LogP contribution in [0.2, 0.25) is 5.15 Å². The lowest BCUT2D eigenvalue weighted by molar-refractivity contribution is 0.625. The van der Waals surface area contributed by atoms with Crippen molar-refractivity contribution in [3.05, 3.63) is 53.2 Å². The molecule has 0 atom stereocenters. The van der Waals surface area contributed by atoms with Crippen LogP contribution in [0.5, 0.6) is 0 Å². The molecule has 1 N–H and O–H groups in total. The summed E-state index contributed by atoms with van der Waals surface area (Å²) in [7, 11) is 0. The summed E-state index contributed by atoms with van der Waals surface area (Å²) in [6.45, 7) is 0.651. The molecule has 0 radical (unpaired) electrons. The highest BCUT2D eigenvalue weighted by Gasteiger charge is 1.98. The van der Waals surface area contributed by atoms with Crippen molar-refractivity contribution in [3.8, 4) is 0 Å². The van der Waals surface area contributed by atoms with Gasteiger partial charge in [0.1, 0.15) is 16.8 Å². The summed E-state index contributed by atoms with van der Waals surface area (Å²) < 4.78 is 12.9. The monoisotopic (exact) mass is 251 g/mol. The summed E-state index contributed by atoms with van der Waals surface area (Å²) in [5, 5.41) is 3.42. The molecule has 0 aliphatic carbocycles. The first-order valence-electron chi connectivity index (χ1n) is 5.20. The maximum atomic E-state index is 12.9. The Balaban J connectivity index is 1.87. The van der Waals surface area contributed by atoms with Crippen LogP contribution in [0.25, 0.3) is 0 Å². The van der Waals surface area contributed by atoms with Crippen LogP contribution in [0.3, 0.4) is 0 Å². The van der Waals surface area contributed by atoms with E-state index in [9.17, 15) is 4.39 Å². The number of hydrogen-bond donors (Lipinski definition) is 1. The first-order chi connectivity index (χ1) is 8.24. The van der Waals surface area contributed by atoms with Gasteiger partial charge < -0.3 is 5.32 Å². The molecule has 2 rings (SSSR count). The molecule has 1 aromatic carbocycles. The topological polar surface area (TPSA) is 37.8 Å². The number of nitrogens with one attached hydrogen (secondary N) is 1. The van der Waals surface area contributed by atoms with E-state index < -0.39 is 0 Å². The van der Waals surface area contributed by atoms with Gasteiger partial charge in [0.2, 0.25) is 0 Å². The molecule has 17 heavy (non-hydrogen) atoms. The summed E-state index contributed by atoms with van der Waals surface area (Å²) in [6, 6.07) is 6.53. The van der Waals surface area contributed by atoms with Gasteiger partial charge in [0.15, 0.2) is 0 Å². The summed E-state index contributed by atoms with van der Waals surface area (Å²) >= 11 is 5.70. The molecule has 88 valence electrons. The highest BCUT2D eigenvalue weighted by atomic mass is 35.5. The Kier molecular flexibility index (Phi) is 3.88. The third-order valence-electron chi connectivity index (χ3n) is 2.21. The number of anilines is 1. The van der Waals surface area contributed by atoms with Crippen LogP contribution in [-0.2, 0) is 6.42 Å². The zero-order valence-electron chi connectivity index (χ0n) is 9.03. The molecule has 0 saturated heterocycles. The highest BCUT2D eigenvalue weighted by molar-refractivity contribution is 6.29. The van der Waals surface area contributed by atoms with Crippen LogP contribution < -0.4 is 5.32 Å². The van der Waals surface area contributed by atoms with Crippen LogP contribution in [0.15, 0.2) is 36.7 Å². The summed E-state index contributed by atoms with van der Waals surface area (Å²) in [4.78, 5) is 7.95. The lowest BCUT2D eigenvalue weighted by atomic mass is 10.1. The van der Waals surface area contributed by atoms with E-state index in [0.29, 0.717) is 23.9 Å². The second-order valence-electron chi connectivity index (χ2n) is 3.53. The van der Waals surface area contributed by atoms with Crippen LogP contribution in [0, 0.1) is 5.82 Å². The van der Waals surface area contributed by atoms with Gasteiger partial charge in [0, 0.05) is 6.54 Å². The molecule has 1 heterocycles. The molecule has 2 aromatic rings. The molecule has 0 spiro atoms. The van der Waals surface area contributed by atoms with E-state index in [1.54, 1.807) is 12.3 Å². The van der Waals surface area contributed by atoms with E-state index in [0.717, 1.165) is 5.56 Å². The average molecular weight is 252 g/mol. The second-order valence-corrected chi connectivity index (χ2v) is 3.92. The number of rotatable bonds is 4. The van der Waals surface area contributed by atoms with Crippen LogP contribution >= 0.6 is 11.6 Å². The number of halogens is 2. The average Bonchev–Trinajstić information content (AvgIpc) is 2.29. The molecule has 0 aliphatic heterocycles. The molecule has 0 saturated carbocycles. The van der Waals surface area contributed by atoms with E-state index in [-0.39, 0.29) is 5.82 Å². The Labute approximate surface area is 104 Å². The molecule has 0 bridgehead atoms. The van der Waals surface area contributed by atoms with Crippen LogP contribution in [0.4, 0.5) is 10.2 Å². The van der Waals surface area contributed by atoms with Gasteiger partial charge in [0.25, 0.3) is 0 Å². The van der Waals surface area contributed by atoms with Crippen molar-refractivity contribution in [1.29, 1.82) is 0 Å². The van der Waals surface area contributed by atoms with Crippen molar-refractivity contribution in [2.45, 2.75) is 6.42 Å². The molecule has 0 fully saturated rings. The molecule has 0 unspecified atom stereocenters. The largest absolute Gasteiger partial charge is 0.368 e. The minimum Gasteiger partial charge on any atom is -0.368 e. The van der Waals surface area contributed by atoms with Gasteiger partial charge in [-0.25, -0.2) is 9.37 Å². The summed E-state index contributed by atoms with van der Waals surface area (Å²) in [5.41, 5.74) is 0.937. The van der Waals surface area contributed by atoms with Crippen molar-refractivity contribution in [2.24, 2.45) is 0 Å². The molecule has 0 amide bonds. The fourth-order valence-electron chi connectivity index (χ4n) is 1.45. The smallest absolute Gasteiger partial charge is 0.149 e. The predicted octanol–water partition coefficient (Wildman–Crippen LogP) is 2.92. The van der Waals surface area contributed by atoms with E-state index >= 15 is 0 Å². The van der Waals surface area contributed by atoms with Gasteiger partial charge in [-0.1, -0.05) is 23.7 Å². The van der Waals surface area contributed by atoms with E-state index in [2.05, 4.69) is 15.3 Å². The Morgan fingerprint density at radius 2 is 2.18 bits per heavy atom. The number of benzene rings is 1. The lowest BCUT2D eigenvalue weighted by Crippen LogP contribution is -2.06. The molecule has 1 aromatic heterocycles. The van der Waals surface area contributed by atoms with E-state index in [1.165, 1.54) is 18.3 Å². The lowest BCUT2D eigenvalue weighted by Gasteiger charge is -2.05. The third kappa shape index (κ3) is 3.67.